The van der Waals surface area contributed by atoms with Gasteiger partial charge in [0.05, 0.1) is 24.6 Å². The molecule has 0 unspecified atom stereocenters. The third-order valence-corrected chi connectivity index (χ3v) is 3.07. The van der Waals surface area contributed by atoms with Crippen LogP contribution in [-0.4, -0.2) is 46.8 Å². The number of hydrogen-bond acceptors (Lipinski definition) is 4. The van der Waals surface area contributed by atoms with E-state index in [4.69, 9.17) is 0 Å². The van der Waals surface area contributed by atoms with Gasteiger partial charge in [0.15, 0.2) is 0 Å². The third-order valence-electron chi connectivity index (χ3n) is 3.07. The Labute approximate surface area is 122 Å². The van der Waals surface area contributed by atoms with Gasteiger partial charge < -0.3 is 9.64 Å². The molecule has 0 bridgehead atoms. The minimum atomic E-state index is -0.444. The van der Waals surface area contributed by atoms with E-state index in [0.717, 1.165) is 5.69 Å². The van der Waals surface area contributed by atoms with Crippen molar-refractivity contribution in [3.63, 3.8) is 0 Å². The molecule has 21 heavy (non-hydrogen) atoms. The molecule has 1 aromatic carbocycles. The van der Waals surface area contributed by atoms with E-state index in [1.165, 1.54) is 18.2 Å². The lowest BCUT2D eigenvalue weighted by molar-refractivity contribution is -0.141. The number of para-hydroxylation sites is 1. The molecule has 2 rings (SSSR count). The van der Waals surface area contributed by atoms with Gasteiger partial charge in [0.2, 0.25) is 0 Å². The van der Waals surface area contributed by atoms with Gasteiger partial charge in [-0.25, -0.2) is 4.68 Å². The van der Waals surface area contributed by atoms with Gasteiger partial charge in [-0.15, -0.1) is 0 Å². The minimum absolute atomic E-state index is 0.0671. The monoisotopic (exact) mass is 287 g/mol. The topological polar surface area (TPSA) is 64.4 Å². The van der Waals surface area contributed by atoms with Crippen LogP contribution >= 0.6 is 0 Å². The van der Waals surface area contributed by atoms with Gasteiger partial charge in [0.25, 0.3) is 5.91 Å². The number of ether oxygens (including phenoxy) is 1. The van der Waals surface area contributed by atoms with Crippen LogP contribution < -0.4 is 0 Å². The van der Waals surface area contributed by atoms with Crippen LogP contribution in [0.15, 0.2) is 42.7 Å². The number of likely N-dealkylation sites (N-methyl/N-ethyl adjacent to an activating group) is 1. The molecule has 2 aromatic rings. The maximum absolute atomic E-state index is 12.3. The van der Waals surface area contributed by atoms with E-state index in [2.05, 4.69) is 9.84 Å². The highest BCUT2D eigenvalue weighted by Crippen LogP contribution is 2.10. The second-order valence-electron chi connectivity index (χ2n) is 4.40. The fourth-order valence-electron chi connectivity index (χ4n) is 1.89. The average Bonchev–Trinajstić information content (AvgIpc) is 3.02. The molecule has 1 amide bonds. The summed E-state index contributed by atoms with van der Waals surface area (Å²) in [7, 11) is 1.30. The second-order valence-corrected chi connectivity index (χ2v) is 4.40. The molecule has 0 atom stereocenters. The van der Waals surface area contributed by atoms with Crippen molar-refractivity contribution >= 4 is 11.9 Å². The Hall–Kier alpha value is -2.63. The van der Waals surface area contributed by atoms with Crippen LogP contribution in [-0.2, 0) is 9.53 Å². The molecule has 0 N–H and O–H groups in total. The molecule has 110 valence electrons. The lowest BCUT2D eigenvalue weighted by Crippen LogP contribution is -2.35. The number of hydrogen-bond donors (Lipinski definition) is 0. The van der Waals surface area contributed by atoms with Gasteiger partial charge in [0, 0.05) is 12.7 Å². The molecule has 0 fully saturated rings. The van der Waals surface area contributed by atoms with E-state index >= 15 is 0 Å². The summed E-state index contributed by atoms with van der Waals surface area (Å²) in [6, 6.07) is 9.50. The van der Waals surface area contributed by atoms with Gasteiger partial charge in [0.1, 0.15) is 6.54 Å². The maximum Gasteiger partial charge on any atom is 0.325 e. The lowest BCUT2D eigenvalue weighted by Gasteiger charge is -2.18. The molecular weight excluding hydrogens is 270 g/mol. The first-order chi connectivity index (χ1) is 10.2. The third kappa shape index (κ3) is 3.47. The summed E-state index contributed by atoms with van der Waals surface area (Å²) in [6.45, 7) is 2.16. The summed E-state index contributed by atoms with van der Waals surface area (Å²) in [5.74, 6) is -0.689. The average molecular weight is 287 g/mol. The second kappa shape index (κ2) is 6.69. The molecule has 0 aliphatic rings. The van der Waals surface area contributed by atoms with E-state index in [1.807, 2.05) is 37.3 Å². The van der Waals surface area contributed by atoms with E-state index in [-0.39, 0.29) is 12.5 Å². The Morgan fingerprint density at radius 1 is 1.29 bits per heavy atom. The van der Waals surface area contributed by atoms with Crippen LogP contribution in [0.5, 0.6) is 0 Å². The molecule has 1 aromatic heterocycles. The van der Waals surface area contributed by atoms with Crippen molar-refractivity contribution in [2.24, 2.45) is 0 Å². The van der Waals surface area contributed by atoms with Gasteiger partial charge in [-0.05, 0) is 19.1 Å². The highest BCUT2D eigenvalue weighted by Gasteiger charge is 2.19. The zero-order valence-electron chi connectivity index (χ0n) is 12.0. The van der Waals surface area contributed by atoms with Crippen molar-refractivity contribution in [3.05, 3.63) is 48.3 Å². The van der Waals surface area contributed by atoms with E-state index < -0.39 is 5.97 Å². The van der Waals surface area contributed by atoms with Crippen molar-refractivity contribution in [1.29, 1.82) is 0 Å². The summed E-state index contributed by atoms with van der Waals surface area (Å²) in [5, 5.41) is 4.18. The highest BCUT2D eigenvalue weighted by molar-refractivity contribution is 5.95. The summed E-state index contributed by atoms with van der Waals surface area (Å²) < 4.78 is 6.21. The standard InChI is InChI=1S/C15H17N3O3/c1-3-17(11-14(19)21-2)15(20)12-9-16-18(10-12)13-7-5-4-6-8-13/h4-10H,3,11H2,1-2H3. The van der Waals surface area contributed by atoms with Crippen molar-refractivity contribution in [1.82, 2.24) is 14.7 Å². The van der Waals surface area contributed by atoms with Crippen LogP contribution in [0.25, 0.3) is 5.69 Å². The summed E-state index contributed by atoms with van der Waals surface area (Å²) in [6.07, 6.45) is 3.15. The van der Waals surface area contributed by atoms with Crippen molar-refractivity contribution < 1.29 is 14.3 Å². The quantitative estimate of drug-likeness (QED) is 0.782. The Morgan fingerprint density at radius 2 is 2.00 bits per heavy atom. The van der Waals surface area contributed by atoms with Gasteiger partial charge >= 0.3 is 5.97 Å². The molecule has 1 heterocycles. The first kappa shape index (κ1) is 14.8. The Morgan fingerprint density at radius 3 is 2.62 bits per heavy atom. The maximum atomic E-state index is 12.3. The van der Waals surface area contributed by atoms with Crippen LogP contribution in [0, 0.1) is 0 Å². The number of carbonyl (C=O) groups is 2. The number of benzene rings is 1. The van der Waals surface area contributed by atoms with Crippen LogP contribution in [0.3, 0.4) is 0 Å². The Bertz CT molecular complexity index is 622. The zero-order chi connectivity index (χ0) is 15.2. The molecule has 0 aliphatic heterocycles. The van der Waals surface area contributed by atoms with Crippen molar-refractivity contribution in [3.8, 4) is 5.69 Å². The molecule has 6 heteroatoms. The predicted molar refractivity (Wildman–Crippen MR) is 77.2 cm³/mol. The molecule has 0 saturated heterocycles. The lowest BCUT2D eigenvalue weighted by atomic mass is 10.3. The van der Waals surface area contributed by atoms with Crippen molar-refractivity contribution in [2.45, 2.75) is 6.92 Å². The number of amides is 1. The normalized spacial score (nSPS) is 10.2. The van der Waals surface area contributed by atoms with E-state index in [1.54, 1.807) is 10.9 Å². The summed E-state index contributed by atoms with van der Waals surface area (Å²) in [4.78, 5) is 25.1. The molecule has 6 nitrogen and oxygen atoms in total. The smallest absolute Gasteiger partial charge is 0.325 e. The number of esters is 1. The van der Waals surface area contributed by atoms with Crippen LogP contribution in [0.4, 0.5) is 0 Å². The number of aromatic nitrogens is 2. The fraction of sp³-hybridized carbons (Fsp3) is 0.267. The first-order valence-electron chi connectivity index (χ1n) is 6.62. The number of rotatable bonds is 5. The summed E-state index contributed by atoms with van der Waals surface area (Å²) >= 11 is 0. The Kier molecular flexibility index (Phi) is 4.71. The van der Waals surface area contributed by atoms with Gasteiger partial charge in [-0.1, -0.05) is 18.2 Å². The Balaban J connectivity index is 2.16. The SMILES string of the molecule is CCN(CC(=O)OC)C(=O)c1cnn(-c2ccccc2)c1. The number of nitrogens with zero attached hydrogens (tertiary/aromatic N) is 3. The molecule has 0 radical (unpaired) electrons. The largest absolute Gasteiger partial charge is 0.468 e. The molecular formula is C15H17N3O3. The highest BCUT2D eigenvalue weighted by atomic mass is 16.5. The van der Waals surface area contributed by atoms with Gasteiger partial charge in [-0.2, -0.15) is 5.10 Å². The van der Waals surface area contributed by atoms with Gasteiger partial charge in [-0.3, -0.25) is 9.59 Å². The fourth-order valence-corrected chi connectivity index (χ4v) is 1.89. The van der Waals surface area contributed by atoms with Crippen LogP contribution in [0.2, 0.25) is 0 Å². The number of methoxy groups -OCH3 is 1. The first-order valence-corrected chi connectivity index (χ1v) is 6.62. The minimum Gasteiger partial charge on any atom is -0.468 e. The molecule has 0 saturated carbocycles. The van der Waals surface area contributed by atoms with Crippen LogP contribution in [0.1, 0.15) is 17.3 Å². The summed E-state index contributed by atoms with van der Waals surface area (Å²) in [5.41, 5.74) is 1.30. The zero-order valence-corrected chi connectivity index (χ0v) is 12.0. The predicted octanol–water partition coefficient (Wildman–Crippen LogP) is 1.51. The number of carbonyl (C=O) groups excluding carboxylic acids is 2. The molecule has 0 aliphatic carbocycles. The van der Waals surface area contributed by atoms with E-state index in [0.29, 0.717) is 12.1 Å². The molecule has 0 spiro atoms. The van der Waals surface area contributed by atoms with E-state index in [9.17, 15) is 9.59 Å². The van der Waals surface area contributed by atoms with Crippen molar-refractivity contribution in [2.75, 3.05) is 20.2 Å².